The van der Waals surface area contributed by atoms with Crippen molar-refractivity contribution >= 4 is 174 Å². The van der Waals surface area contributed by atoms with Crippen LogP contribution in [-0.4, -0.2) is 39.9 Å². The van der Waals surface area contributed by atoms with Gasteiger partial charge < -0.3 is 9.97 Å². The van der Waals surface area contributed by atoms with E-state index in [0.29, 0.717) is 0 Å². The lowest BCUT2D eigenvalue weighted by Crippen LogP contribution is -1.88. The largest absolute Gasteiger partial charge is 0.354 e. The van der Waals surface area contributed by atoms with Gasteiger partial charge in [0.1, 0.15) is 0 Å². The van der Waals surface area contributed by atoms with Crippen LogP contribution < -0.4 is 0 Å². The second-order valence-corrected chi connectivity index (χ2v) is 21.5. The molecule has 10 heterocycles. The Morgan fingerprint density at radius 1 is 0.212 bits per heavy atom. The molecular weight excluding hydrogens is 977 g/mol. The lowest BCUT2D eigenvalue weighted by atomic mass is 9.91. The molecule has 0 saturated carbocycles. The van der Waals surface area contributed by atoms with Gasteiger partial charge in [0, 0.05) is 86.8 Å². The van der Waals surface area contributed by atoms with Crippen molar-refractivity contribution in [2.24, 2.45) is 0 Å². The van der Waals surface area contributed by atoms with Crippen LogP contribution in [0.5, 0.6) is 0 Å². The molecule has 8 heteroatoms. The van der Waals surface area contributed by atoms with Crippen molar-refractivity contribution in [2.45, 2.75) is 0 Å². The van der Waals surface area contributed by atoms with Gasteiger partial charge in [0.05, 0.1) is 77.2 Å². The molecule has 0 spiro atoms. The van der Waals surface area contributed by atoms with E-state index in [1.165, 1.54) is 0 Å². The average Bonchev–Trinajstić information content (AvgIpc) is 4.42. The number of benzene rings is 9. The number of pyridine rings is 4. The van der Waals surface area contributed by atoms with E-state index in [1.807, 2.05) is 0 Å². The van der Waals surface area contributed by atoms with Crippen molar-refractivity contribution in [1.29, 1.82) is 0 Å². The van der Waals surface area contributed by atoms with Gasteiger partial charge in [-0.25, -0.2) is 29.9 Å². The first-order chi connectivity index (χ1) is 39.6. The molecule has 0 amide bonds. The second kappa shape index (κ2) is 15.4. The van der Waals surface area contributed by atoms with E-state index < -0.39 is 0 Å². The summed E-state index contributed by atoms with van der Waals surface area (Å²) < 4.78 is 0. The van der Waals surface area contributed by atoms with Gasteiger partial charge >= 0.3 is 0 Å². The third-order valence-corrected chi connectivity index (χ3v) is 17.1. The first kappa shape index (κ1) is 42.2. The van der Waals surface area contributed by atoms with Gasteiger partial charge in [-0.2, -0.15) is 0 Å². The van der Waals surface area contributed by atoms with Gasteiger partial charge in [0.25, 0.3) is 0 Å². The third-order valence-electron chi connectivity index (χ3n) is 17.1. The fraction of sp³-hybridized carbons (Fsp3) is 0. The number of nitrogens with zero attached hydrogens (tertiary/aromatic N) is 6. The van der Waals surface area contributed by atoms with Crippen molar-refractivity contribution in [3.05, 3.63) is 218 Å². The standard InChI is InChI=1S/C72H38N8/c1-7-41-31-42-8-2-14-48(64-61-34-45-11-5-17-51(67(45)79-61)57-29-25-39-21-22-40-26-30-58(76-72(40)71(39)75-57)52-18-6-12-46-35-62(64)80-68(46)52)54(42)36-53(41)47(13-1)63-59-32-43-9-3-15-49(65(43)77-59)55-27-23-37-19-20-38-24-28-56(74-70(38)69(37)73-55)50-16-4-10-44-33-60(63)78-66(44)50/h1-36,77,79H. The number of H-pyrrole nitrogens is 2. The van der Waals surface area contributed by atoms with Crippen LogP contribution in [0, 0.1) is 0 Å². The molecule has 366 valence electrons. The number of aromatic amines is 2. The summed E-state index contributed by atoms with van der Waals surface area (Å²) >= 11 is 0. The Morgan fingerprint density at radius 2 is 0.550 bits per heavy atom. The summed E-state index contributed by atoms with van der Waals surface area (Å²) in [5, 5.41) is 16.9. The molecule has 2 N–H and O–H groups in total. The van der Waals surface area contributed by atoms with Crippen LogP contribution in [0.3, 0.4) is 0 Å². The highest BCUT2D eigenvalue weighted by Gasteiger charge is 2.20. The fourth-order valence-corrected chi connectivity index (χ4v) is 13.3. The number of aromatic nitrogens is 8. The molecule has 0 saturated heterocycles. The van der Waals surface area contributed by atoms with E-state index in [2.05, 4.69) is 228 Å². The molecule has 0 aliphatic rings. The minimum Gasteiger partial charge on any atom is -0.354 e. The lowest BCUT2D eigenvalue weighted by molar-refractivity contribution is 1.46. The maximum absolute atomic E-state index is 5.64. The van der Waals surface area contributed by atoms with Crippen LogP contribution in [0.25, 0.3) is 197 Å². The number of hydrogen-bond donors (Lipinski definition) is 2. The van der Waals surface area contributed by atoms with Crippen molar-refractivity contribution in [2.75, 3.05) is 0 Å². The Balaban J connectivity index is 0.941. The third kappa shape index (κ3) is 5.88. The SMILES string of the molecule is c1cc(-c2c3cc4cccc(c5ccc6ccc7ccc(nc7c6n5)c5cccc6cc2[nH]c65)c4n3)c2cc3c(-c4c5cc6cccc(c7ccc8ccc9ccc(nc9c8n7)c7cccc8cc4[nH]c87)c6n5)cccc3cc2c1. The van der Waals surface area contributed by atoms with Crippen molar-refractivity contribution < 1.29 is 0 Å². The molecule has 80 heavy (non-hydrogen) atoms. The molecule has 0 radical (unpaired) electrons. The molecule has 0 unspecified atom stereocenters. The molecule has 8 nitrogen and oxygen atoms in total. The van der Waals surface area contributed by atoms with E-state index in [4.69, 9.17) is 29.9 Å². The van der Waals surface area contributed by atoms with E-state index in [0.717, 1.165) is 197 Å². The van der Waals surface area contributed by atoms with E-state index >= 15 is 0 Å². The Morgan fingerprint density at radius 3 is 0.975 bits per heavy atom. The highest BCUT2D eigenvalue weighted by molar-refractivity contribution is 6.20. The van der Waals surface area contributed by atoms with Gasteiger partial charge in [-0.3, -0.25) is 0 Å². The molecular formula is C72H38N8. The van der Waals surface area contributed by atoms with Crippen LogP contribution in [0.1, 0.15) is 0 Å². The van der Waals surface area contributed by atoms with Crippen LogP contribution in [0.2, 0.25) is 0 Å². The van der Waals surface area contributed by atoms with Crippen LogP contribution in [0.4, 0.5) is 0 Å². The fourth-order valence-electron chi connectivity index (χ4n) is 13.3. The van der Waals surface area contributed by atoms with Crippen molar-refractivity contribution in [1.82, 2.24) is 39.9 Å². The zero-order chi connectivity index (χ0) is 51.9. The number of para-hydroxylation sites is 4. The van der Waals surface area contributed by atoms with E-state index in [1.54, 1.807) is 0 Å². The summed E-state index contributed by atoms with van der Waals surface area (Å²) in [5.74, 6) is 0. The topological polar surface area (TPSA) is 109 Å². The van der Waals surface area contributed by atoms with Crippen LogP contribution in [0.15, 0.2) is 218 Å². The number of rotatable bonds is 2. The van der Waals surface area contributed by atoms with Gasteiger partial charge in [0.15, 0.2) is 0 Å². The molecule has 10 aromatic heterocycles. The minimum atomic E-state index is 0.860. The van der Waals surface area contributed by atoms with Crippen LogP contribution >= 0.6 is 0 Å². The first-order valence-corrected chi connectivity index (χ1v) is 27.1. The summed E-state index contributed by atoms with van der Waals surface area (Å²) in [5.41, 5.74) is 18.6. The number of hydrogen-bond acceptors (Lipinski definition) is 6. The smallest absolute Gasteiger partial charge is 0.0972 e. The normalized spacial score (nSPS) is 12.5. The Kier molecular flexibility index (Phi) is 8.11. The summed E-state index contributed by atoms with van der Waals surface area (Å²) in [4.78, 5) is 40.8. The highest BCUT2D eigenvalue weighted by Crippen LogP contribution is 2.44. The summed E-state index contributed by atoms with van der Waals surface area (Å²) in [7, 11) is 0. The Labute approximate surface area is 452 Å². The molecule has 16 bridgehead atoms. The molecule has 0 fully saturated rings. The summed E-state index contributed by atoms with van der Waals surface area (Å²) in [6.45, 7) is 0. The molecule has 0 aliphatic carbocycles. The first-order valence-electron chi connectivity index (χ1n) is 27.1. The Bertz CT molecular complexity index is 5380. The highest BCUT2D eigenvalue weighted by atomic mass is 14.8. The number of nitrogens with one attached hydrogen (secondary N) is 2. The summed E-state index contributed by atoms with van der Waals surface area (Å²) in [6.07, 6.45) is 0. The zero-order valence-electron chi connectivity index (χ0n) is 42.5. The second-order valence-electron chi connectivity index (χ2n) is 21.5. The molecule has 19 aromatic rings. The quantitative estimate of drug-likeness (QED) is 0.132. The molecule has 0 aliphatic heterocycles. The maximum atomic E-state index is 5.64. The summed E-state index contributed by atoms with van der Waals surface area (Å²) in [6, 6.07) is 78.7. The van der Waals surface area contributed by atoms with E-state index in [9.17, 15) is 0 Å². The zero-order valence-corrected chi connectivity index (χ0v) is 42.5. The van der Waals surface area contributed by atoms with Gasteiger partial charge in [-0.1, -0.05) is 158 Å². The van der Waals surface area contributed by atoms with Crippen LogP contribution in [-0.2, 0) is 0 Å². The molecule has 9 aromatic carbocycles. The maximum Gasteiger partial charge on any atom is 0.0972 e. The Hall–Kier alpha value is -11.0. The predicted molar refractivity (Wildman–Crippen MR) is 333 cm³/mol. The van der Waals surface area contributed by atoms with Gasteiger partial charge in [-0.05, 0) is 93.3 Å². The van der Waals surface area contributed by atoms with E-state index in [-0.39, 0.29) is 0 Å². The van der Waals surface area contributed by atoms with Gasteiger partial charge in [-0.15, -0.1) is 0 Å². The minimum absolute atomic E-state index is 0.860. The van der Waals surface area contributed by atoms with Crippen molar-refractivity contribution in [3.63, 3.8) is 0 Å². The molecule has 0 atom stereocenters. The predicted octanol–water partition coefficient (Wildman–Crippen LogP) is 18.5. The van der Waals surface area contributed by atoms with Crippen molar-refractivity contribution in [3.8, 4) is 22.3 Å². The average molecular weight is 1020 g/mol. The monoisotopic (exact) mass is 1010 g/mol. The van der Waals surface area contributed by atoms with Gasteiger partial charge in [0.2, 0.25) is 0 Å². The number of fused-ring (bicyclic) bond motifs is 14. The molecule has 19 rings (SSSR count). The lowest BCUT2D eigenvalue weighted by Gasteiger charge is -2.12.